The van der Waals surface area contributed by atoms with Crippen molar-refractivity contribution >= 4 is 16.9 Å². The normalized spacial score (nSPS) is 11.8. The van der Waals surface area contributed by atoms with Gasteiger partial charge < -0.3 is 4.42 Å². The van der Waals surface area contributed by atoms with Crippen molar-refractivity contribution in [3.05, 3.63) is 54.1 Å². The Kier molecular flexibility index (Phi) is 5.59. The Morgan fingerprint density at radius 3 is 2.54 bits per heavy atom. The maximum atomic E-state index is 5.34. The average Bonchev–Trinajstić information content (AvgIpc) is 3.30. The van der Waals surface area contributed by atoms with Crippen molar-refractivity contribution in [2.45, 2.75) is 39.5 Å². The molecule has 0 saturated carbocycles. The Bertz CT molecular complexity index is 785. The van der Waals surface area contributed by atoms with Gasteiger partial charge in [0.25, 0.3) is 0 Å². The molecule has 24 heavy (non-hydrogen) atoms. The number of rotatable bonds is 7. The van der Waals surface area contributed by atoms with Crippen LogP contribution < -0.4 is 0 Å². The first-order chi connectivity index (χ1) is 11.8. The fraction of sp³-hybridized carbons (Fsp3) is 0.300. The molecule has 0 aliphatic rings. The van der Waals surface area contributed by atoms with E-state index in [1.165, 1.54) is 28.8 Å². The number of nitrogens with zero attached hydrogens (tertiary/aromatic N) is 2. The van der Waals surface area contributed by atoms with Crippen molar-refractivity contribution in [1.82, 2.24) is 9.97 Å². The predicted molar refractivity (Wildman–Crippen MR) is 101 cm³/mol. The molecule has 0 aliphatic heterocycles. The van der Waals surface area contributed by atoms with Crippen LogP contribution in [0.1, 0.15) is 44.5 Å². The highest BCUT2D eigenvalue weighted by Crippen LogP contribution is 2.32. The van der Waals surface area contributed by atoms with Gasteiger partial charge in [0.2, 0.25) is 0 Å². The van der Waals surface area contributed by atoms with Crippen LogP contribution in [0.15, 0.2) is 53.5 Å². The molecular formula is C20H22N2OS. The van der Waals surface area contributed by atoms with E-state index in [1.807, 2.05) is 6.20 Å². The molecule has 3 aromatic rings. The van der Waals surface area contributed by atoms with Gasteiger partial charge in [0.1, 0.15) is 5.01 Å². The van der Waals surface area contributed by atoms with Crippen LogP contribution in [0.3, 0.4) is 0 Å². The van der Waals surface area contributed by atoms with Crippen molar-refractivity contribution in [2.24, 2.45) is 0 Å². The zero-order valence-electron chi connectivity index (χ0n) is 14.2. The summed E-state index contributed by atoms with van der Waals surface area (Å²) in [6, 6.07) is 8.36. The molecular weight excluding hydrogens is 316 g/mol. The van der Waals surface area contributed by atoms with Crippen molar-refractivity contribution in [1.29, 1.82) is 0 Å². The minimum Gasteiger partial charge on any atom is -0.444 e. The number of hydrogen-bond acceptors (Lipinski definition) is 4. The number of hydrogen-bond donors (Lipinski definition) is 0. The van der Waals surface area contributed by atoms with E-state index in [-0.39, 0.29) is 0 Å². The highest BCUT2D eigenvalue weighted by atomic mass is 32.1. The molecule has 0 fully saturated rings. The average molecular weight is 338 g/mol. The number of oxazole rings is 1. The Morgan fingerprint density at radius 1 is 1.08 bits per heavy atom. The topological polar surface area (TPSA) is 38.9 Å². The van der Waals surface area contributed by atoms with Gasteiger partial charge in [-0.3, -0.25) is 0 Å². The molecule has 2 aromatic heterocycles. The second-order valence-electron chi connectivity index (χ2n) is 5.74. The molecule has 2 heterocycles. The molecule has 0 spiro atoms. The number of allylic oxidation sites excluding steroid dienone is 2. The van der Waals surface area contributed by atoms with E-state index in [4.69, 9.17) is 4.42 Å². The van der Waals surface area contributed by atoms with Crippen LogP contribution in [0.4, 0.5) is 0 Å². The molecule has 0 unspecified atom stereocenters. The number of unbranched alkanes of at least 4 members (excludes halogenated alkanes) is 1. The van der Waals surface area contributed by atoms with Crippen LogP contribution in [0, 0.1) is 0 Å². The second-order valence-corrected chi connectivity index (χ2v) is 6.77. The fourth-order valence-corrected chi connectivity index (χ4v) is 3.59. The van der Waals surface area contributed by atoms with Crippen LogP contribution in [0.2, 0.25) is 0 Å². The standard InChI is InChI=1S/C20H22N2OS/c1-3-5-7-17(6-4-2)20-22-13-19(24-20)16-10-8-15(9-11-16)18-12-21-14-23-18/h7-14H,3-6H2,1-2H3/b17-7+. The zero-order chi connectivity index (χ0) is 16.8. The van der Waals surface area contributed by atoms with Gasteiger partial charge in [-0.1, -0.05) is 57.0 Å². The SMILES string of the molecule is CCC/C=C(\CCC)c1ncc(-c2ccc(-c3cnco3)cc2)s1. The van der Waals surface area contributed by atoms with E-state index >= 15 is 0 Å². The minimum absolute atomic E-state index is 0.791. The Hall–Kier alpha value is -2.20. The van der Waals surface area contributed by atoms with E-state index in [9.17, 15) is 0 Å². The monoisotopic (exact) mass is 338 g/mol. The molecule has 0 radical (unpaired) electrons. The Labute approximate surface area is 147 Å². The summed E-state index contributed by atoms with van der Waals surface area (Å²) in [5, 5.41) is 1.15. The summed E-state index contributed by atoms with van der Waals surface area (Å²) in [4.78, 5) is 9.82. The molecule has 1 aromatic carbocycles. The molecule has 0 saturated heterocycles. The van der Waals surface area contributed by atoms with Gasteiger partial charge in [0.05, 0.1) is 11.1 Å². The van der Waals surface area contributed by atoms with E-state index in [1.54, 1.807) is 17.5 Å². The van der Waals surface area contributed by atoms with E-state index in [2.05, 4.69) is 54.2 Å². The molecule has 0 amide bonds. The van der Waals surface area contributed by atoms with E-state index < -0.39 is 0 Å². The summed E-state index contributed by atoms with van der Waals surface area (Å²) < 4.78 is 5.34. The third-order valence-electron chi connectivity index (χ3n) is 3.87. The summed E-state index contributed by atoms with van der Waals surface area (Å²) in [5.41, 5.74) is 3.61. The largest absolute Gasteiger partial charge is 0.444 e. The summed E-state index contributed by atoms with van der Waals surface area (Å²) in [6.07, 6.45) is 12.1. The number of aromatic nitrogens is 2. The molecule has 124 valence electrons. The van der Waals surface area contributed by atoms with Crippen molar-refractivity contribution in [3.8, 4) is 21.8 Å². The van der Waals surface area contributed by atoms with Gasteiger partial charge in [0.15, 0.2) is 12.2 Å². The van der Waals surface area contributed by atoms with Crippen LogP contribution in [0.25, 0.3) is 27.3 Å². The molecule has 0 aliphatic carbocycles. The van der Waals surface area contributed by atoms with Gasteiger partial charge >= 0.3 is 0 Å². The van der Waals surface area contributed by atoms with E-state index in [0.29, 0.717) is 0 Å². The molecule has 3 nitrogen and oxygen atoms in total. The number of benzene rings is 1. The molecule has 0 bridgehead atoms. The molecule has 0 atom stereocenters. The second kappa shape index (κ2) is 8.06. The van der Waals surface area contributed by atoms with Gasteiger partial charge in [-0.15, -0.1) is 11.3 Å². The summed E-state index contributed by atoms with van der Waals surface area (Å²) in [7, 11) is 0. The van der Waals surface area contributed by atoms with Crippen LogP contribution in [0.5, 0.6) is 0 Å². The molecule has 4 heteroatoms. The Balaban J connectivity index is 1.82. The first kappa shape index (κ1) is 16.7. The third kappa shape index (κ3) is 3.82. The fourth-order valence-electron chi connectivity index (χ4n) is 2.60. The van der Waals surface area contributed by atoms with Gasteiger partial charge in [-0.2, -0.15) is 0 Å². The predicted octanol–water partition coefficient (Wildman–Crippen LogP) is 6.45. The van der Waals surface area contributed by atoms with E-state index in [0.717, 1.165) is 35.6 Å². The van der Waals surface area contributed by atoms with Gasteiger partial charge in [-0.05, 0) is 24.0 Å². The quantitative estimate of drug-likeness (QED) is 0.497. The number of thiazole rings is 1. The molecule has 0 N–H and O–H groups in total. The lowest BCUT2D eigenvalue weighted by molar-refractivity contribution is 0.572. The lowest BCUT2D eigenvalue weighted by Gasteiger charge is -2.02. The van der Waals surface area contributed by atoms with Gasteiger partial charge in [-0.25, -0.2) is 9.97 Å². The van der Waals surface area contributed by atoms with Crippen molar-refractivity contribution in [3.63, 3.8) is 0 Å². The van der Waals surface area contributed by atoms with Crippen LogP contribution in [-0.4, -0.2) is 9.97 Å². The summed E-state index contributed by atoms with van der Waals surface area (Å²) >= 11 is 1.77. The lowest BCUT2D eigenvalue weighted by Crippen LogP contribution is -1.82. The smallest absolute Gasteiger partial charge is 0.181 e. The Morgan fingerprint density at radius 2 is 1.88 bits per heavy atom. The maximum Gasteiger partial charge on any atom is 0.181 e. The third-order valence-corrected chi connectivity index (χ3v) is 4.99. The summed E-state index contributed by atoms with van der Waals surface area (Å²) in [6.45, 7) is 4.43. The van der Waals surface area contributed by atoms with Crippen molar-refractivity contribution in [2.75, 3.05) is 0 Å². The highest BCUT2D eigenvalue weighted by molar-refractivity contribution is 7.16. The zero-order valence-corrected chi connectivity index (χ0v) is 15.0. The van der Waals surface area contributed by atoms with Gasteiger partial charge in [0, 0.05) is 11.8 Å². The minimum atomic E-state index is 0.791. The van der Waals surface area contributed by atoms with Crippen molar-refractivity contribution < 1.29 is 4.42 Å². The highest BCUT2D eigenvalue weighted by Gasteiger charge is 2.09. The maximum absolute atomic E-state index is 5.34. The molecule has 3 rings (SSSR count). The van der Waals surface area contributed by atoms with Crippen LogP contribution >= 0.6 is 11.3 Å². The summed E-state index contributed by atoms with van der Waals surface area (Å²) in [5.74, 6) is 0.791. The lowest BCUT2D eigenvalue weighted by atomic mass is 10.1. The first-order valence-electron chi connectivity index (χ1n) is 8.46. The first-order valence-corrected chi connectivity index (χ1v) is 9.28. The van der Waals surface area contributed by atoms with Crippen LogP contribution in [-0.2, 0) is 0 Å².